The van der Waals surface area contributed by atoms with Crippen LogP contribution in [0.1, 0.15) is 80.0 Å². The Bertz CT molecular complexity index is 2260. The molecule has 14 nitrogen and oxygen atoms in total. The van der Waals surface area contributed by atoms with E-state index in [1.807, 2.05) is 91.3 Å². The molecule has 0 radical (unpaired) electrons. The van der Waals surface area contributed by atoms with Gasteiger partial charge in [0.2, 0.25) is 5.91 Å². The van der Waals surface area contributed by atoms with Crippen molar-refractivity contribution in [3.8, 4) is 34.4 Å². The fraction of sp³-hybridized carbons (Fsp3) is 0.321. The van der Waals surface area contributed by atoms with Crippen LogP contribution in [0.3, 0.4) is 0 Å². The lowest BCUT2D eigenvalue weighted by molar-refractivity contribution is -0.129. The number of amides is 1. The van der Waals surface area contributed by atoms with E-state index in [2.05, 4.69) is 106 Å². The smallest absolute Gasteiger partial charge is 0.293 e. The summed E-state index contributed by atoms with van der Waals surface area (Å²) in [6.07, 6.45) is 9.64. The number of nitrogens with one attached hydrogen (secondary N) is 5. The van der Waals surface area contributed by atoms with Gasteiger partial charge in [-0.3, -0.25) is 19.3 Å². The van der Waals surface area contributed by atoms with Crippen LogP contribution in [-0.4, -0.2) is 104 Å². The summed E-state index contributed by atoms with van der Waals surface area (Å²) in [7, 11) is 5.70. The number of likely N-dealkylation sites (tertiary alicyclic amines) is 1. The molecule has 0 bridgehead atoms. The topological polar surface area (TPSA) is 183 Å². The highest BCUT2D eigenvalue weighted by molar-refractivity contribution is 5.83. The number of benzene rings is 4. The number of imidazole rings is 2. The Labute approximate surface area is 395 Å². The van der Waals surface area contributed by atoms with Crippen molar-refractivity contribution >= 4 is 25.1 Å². The molecule has 1 aliphatic heterocycles. The number of aromatic nitrogens is 4. The van der Waals surface area contributed by atoms with Crippen LogP contribution in [0.2, 0.25) is 0 Å². The summed E-state index contributed by atoms with van der Waals surface area (Å²) in [5.74, 6) is 8.56. The molecular weight excluding hydrogens is 845 g/mol. The fourth-order valence-corrected chi connectivity index (χ4v) is 6.59. The van der Waals surface area contributed by atoms with Crippen molar-refractivity contribution in [2.24, 2.45) is 0 Å². The van der Waals surface area contributed by atoms with Crippen molar-refractivity contribution in [3.63, 3.8) is 0 Å². The normalized spacial score (nSPS) is 12.8. The molecule has 2 aromatic heterocycles. The van der Waals surface area contributed by atoms with Crippen molar-refractivity contribution < 1.29 is 28.7 Å². The molecule has 0 saturated carbocycles. The number of nitrogens with zero attached hydrogens (tertiary/aromatic N) is 3. The minimum absolute atomic E-state index is 0.00794. The molecule has 67 heavy (non-hydrogen) atoms. The number of carbonyl (C=O) groups is 4. The third-order valence-corrected chi connectivity index (χ3v) is 10.0. The number of likely N-dealkylation sites (N-methyl/N-ethyl adjacent to an activating group) is 2. The SMILES string of the molecule is CCOC=O.CCOC=O.CNC(C(=O)NCCCCc1ncc(-c2ccc(C#Cc3ccc(-c4cnc(C5CCCN5C)[nH]4)cc3)cc2)[nH]1)c1ccccc1.CNCC=O.c1ccccc1. The van der Waals surface area contributed by atoms with Gasteiger partial charge >= 0.3 is 0 Å². The van der Waals surface area contributed by atoms with E-state index in [0.29, 0.717) is 45.3 Å². The van der Waals surface area contributed by atoms with E-state index >= 15 is 0 Å². The summed E-state index contributed by atoms with van der Waals surface area (Å²) in [6, 6.07) is 38.3. The molecular formula is C53H66N8O6. The predicted molar refractivity (Wildman–Crippen MR) is 265 cm³/mol. The van der Waals surface area contributed by atoms with Gasteiger partial charge in [-0.25, -0.2) is 9.97 Å². The number of aldehydes is 1. The second-order valence-electron chi connectivity index (χ2n) is 14.8. The van der Waals surface area contributed by atoms with E-state index < -0.39 is 0 Å². The monoisotopic (exact) mass is 911 g/mol. The van der Waals surface area contributed by atoms with Crippen LogP contribution in [0.25, 0.3) is 22.5 Å². The molecule has 354 valence electrons. The van der Waals surface area contributed by atoms with E-state index in [0.717, 1.165) is 89.4 Å². The lowest BCUT2D eigenvalue weighted by Gasteiger charge is -2.16. The van der Waals surface area contributed by atoms with Crippen molar-refractivity contribution in [3.05, 3.63) is 156 Å². The van der Waals surface area contributed by atoms with Gasteiger partial charge in [-0.05, 0) is 108 Å². The van der Waals surface area contributed by atoms with Crippen molar-refractivity contribution in [2.75, 3.05) is 54.0 Å². The number of carbonyl (C=O) groups excluding carboxylic acids is 4. The molecule has 1 amide bonds. The summed E-state index contributed by atoms with van der Waals surface area (Å²) in [5, 5.41) is 8.79. The van der Waals surface area contributed by atoms with Crippen LogP contribution in [0.4, 0.5) is 0 Å². The van der Waals surface area contributed by atoms with Crippen LogP contribution in [0.15, 0.2) is 128 Å². The number of hydrogen-bond acceptors (Lipinski definition) is 11. The molecule has 2 unspecified atom stereocenters. The molecule has 4 aromatic carbocycles. The minimum atomic E-state index is -0.344. The molecule has 2 atom stereocenters. The lowest BCUT2D eigenvalue weighted by Crippen LogP contribution is -2.36. The number of H-pyrrole nitrogens is 2. The third kappa shape index (κ3) is 20.7. The number of hydrogen-bond donors (Lipinski definition) is 5. The van der Waals surface area contributed by atoms with Gasteiger partial charge < -0.3 is 40.2 Å². The van der Waals surface area contributed by atoms with Crippen LogP contribution < -0.4 is 16.0 Å². The first kappa shape index (κ1) is 54.2. The first-order valence-electron chi connectivity index (χ1n) is 22.5. The highest BCUT2D eigenvalue weighted by atomic mass is 16.5. The largest absolute Gasteiger partial charge is 0.468 e. The summed E-state index contributed by atoms with van der Waals surface area (Å²) >= 11 is 0. The molecule has 0 aliphatic carbocycles. The third-order valence-electron chi connectivity index (χ3n) is 10.0. The van der Waals surface area contributed by atoms with E-state index in [1.165, 1.54) is 6.42 Å². The summed E-state index contributed by atoms with van der Waals surface area (Å²) in [6.45, 7) is 7.54. The summed E-state index contributed by atoms with van der Waals surface area (Å²) < 4.78 is 8.31. The van der Waals surface area contributed by atoms with Gasteiger partial charge in [0.25, 0.3) is 12.9 Å². The van der Waals surface area contributed by atoms with Crippen LogP contribution in [0.5, 0.6) is 0 Å². The Balaban J connectivity index is 0.000000469. The predicted octanol–water partition coefficient (Wildman–Crippen LogP) is 7.48. The molecule has 5 N–H and O–H groups in total. The molecule has 1 saturated heterocycles. The Kier molecular flexibility index (Phi) is 26.9. The van der Waals surface area contributed by atoms with E-state index in [-0.39, 0.29) is 11.9 Å². The molecule has 3 heterocycles. The number of aromatic amines is 2. The average Bonchev–Trinajstić information content (AvgIpc) is 4.16. The second kappa shape index (κ2) is 33.3. The zero-order valence-corrected chi connectivity index (χ0v) is 39.4. The standard InChI is InChI=1S/C38H41N7O.C6H6.C3H7NO.2C3H6O2/c1-39-36(31-9-4-3-5-10-31)38(46)40-23-7-6-12-35-41-25-32(43-35)29-19-15-27(16-20-29)13-14-28-17-21-30(22-18-28)33-26-42-37(44-33)34-11-8-24-45(34)2;1-2-4-6-5-3-1;1-4-2-3-5;2*1-2-5-3-4/h3-5,9-10,15-22,25-26,34,36,39H,6-8,11-12,23-24H2,1-2H3,(H,40,46)(H,41,43)(H,42,44);1-6H;3-4H,2H2,1H3;2*3H,2H2,1H3. The average molecular weight is 911 g/mol. The molecule has 14 heteroatoms. The van der Waals surface area contributed by atoms with Gasteiger partial charge in [0.05, 0.1) is 49.6 Å². The summed E-state index contributed by atoms with van der Waals surface area (Å²) in [4.78, 5) is 58.8. The first-order valence-corrected chi connectivity index (χ1v) is 22.5. The van der Waals surface area contributed by atoms with Gasteiger partial charge in [0.15, 0.2) is 0 Å². The number of rotatable bonds is 17. The van der Waals surface area contributed by atoms with Gasteiger partial charge in [-0.2, -0.15) is 0 Å². The number of unbranched alkanes of at least 4 members (excludes halogenated alkanes) is 1. The highest BCUT2D eigenvalue weighted by Gasteiger charge is 2.25. The maximum absolute atomic E-state index is 12.6. The number of ether oxygens (including phenoxy) is 2. The zero-order valence-electron chi connectivity index (χ0n) is 39.4. The van der Waals surface area contributed by atoms with Crippen molar-refractivity contribution in [1.82, 2.24) is 40.8 Å². The molecule has 0 spiro atoms. The lowest BCUT2D eigenvalue weighted by atomic mass is 10.1. The van der Waals surface area contributed by atoms with Gasteiger partial charge in [-0.1, -0.05) is 103 Å². The fourth-order valence-electron chi connectivity index (χ4n) is 6.59. The Hall–Kier alpha value is -7.18. The second-order valence-corrected chi connectivity index (χ2v) is 14.8. The van der Waals surface area contributed by atoms with Crippen LogP contribution >= 0.6 is 0 Å². The molecule has 1 fully saturated rings. The highest BCUT2D eigenvalue weighted by Crippen LogP contribution is 2.30. The van der Waals surface area contributed by atoms with Crippen molar-refractivity contribution in [1.29, 1.82) is 0 Å². The van der Waals surface area contributed by atoms with Gasteiger partial charge in [0.1, 0.15) is 24.0 Å². The Morgan fingerprint density at radius 3 is 1.75 bits per heavy atom. The van der Waals surface area contributed by atoms with Crippen LogP contribution in [-0.2, 0) is 35.1 Å². The maximum atomic E-state index is 12.6. The van der Waals surface area contributed by atoms with Crippen molar-refractivity contribution in [2.45, 2.75) is 58.0 Å². The molecule has 6 aromatic rings. The van der Waals surface area contributed by atoms with E-state index in [4.69, 9.17) is 0 Å². The van der Waals surface area contributed by atoms with Gasteiger partial charge in [0, 0.05) is 24.1 Å². The number of aryl methyl sites for hydroxylation is 1. The maximum Gasteiger partial charge on any atom is 0.293 e. The first-order chi connectivity index (χ1) is 32.8. The Morgan fingerprint density at radius 2 is 1.30 bits per heavy atom. The molecule has 7 rings (SSSR count). The van der Waals surface area contributed by atoms with E-state index in [9.17, 15) is 19.2 Å². The van der Waals surface area contributed by atoms with E-state index in [1.54, 1.807) is 27.9 Å². The molecule has 1 aliphatic rings. The van der Waals surface area contributed by atoms with Crippen LogP contribution in [0, 0.1) is 11.8 Å². The minimum Gasteiger partial charge on any atom is -0.468 e. The Morgan fingerprint density at radius 1 is 0.761 bits per heavy atom. The zero-order chi connectivity index (χ0) is 48.3. The quantitative estimate of drug-likeness (QED) is 0.0348. The summed E-state index contributed by atoms with van der Waals surface area (Å²) in [5.41, 5.74) is 7.10. The van der Waals surface area contributed by atoms with Gasteiger partial charge in [-0.15, -0.1) is 0 Å².